The van der Waals surface area contributed by atoms with Crippen LogP contribution in [0.25, 0.3) is 0 Å². The summed E-state index contributed by atoms with van der Waals surface area (Å²) in [4.78, 5) is 0. The van der Waals surface area contributed by atoms with Gasteiger partial charge in [0.2, 0.25) is 0 Å². The summed E-state index contributed by atoms with van der Waals surface area (Å²) in [7, 11) is 0. The van der Waals surface area contributed by atoms with Crippen LogP contribution in [0.3, 0.4) is 0 Å². The van der Waals surface area contributed by atoms with E-state index in [9.17, 15) is 0 Å². The Labute approximate surface area is 116 Å². The fraction of sp³-hybridized carbons (Fsp3) is 0.800. The van der Waals surface area contributed by atoms with Gasteiger partial charge in [0.25, 0.3) is 0 Å². The van der Waals surface area contributed by atoms with E-state index < -0.39 is 0 Å². The summed E-state index contributed by atoms with van der Waals surface area (Å²) < 4.78 is 7.60. The Kier molecular flexibility index (Phi) is 5.40. The van der Waals surface area contributed by atoms with Gasteiger partial charge in [-0.25, -0.2) is 0 Å². The fourth-order valence-electron chi connectivity index (χ4n) is 2.97. The molecule has 1 aromatic heterocycles. The van der Waals surface area contributed by atoms with Crippen molar-refractivity contribution in [2.24, 2.45) is 5.92 Å². The number of hydrogen-bond acceptors (Lipinski definition) is 3. The first kappa shape index (κ1) is 14.5. The second-order valence-corrected chi connectivity index (χ2v) is 5.43. The minimum atomic E-state index is 0.425. The van der Waals surface area contributed by atoms with Crippen molar-refractivity contribution in [3.63, 3.8) is 0 Å². The van der Waals surface area contributed by atoms with Gasteiger partial charge in [0.1, 0.15) is 0 Å². The van der Waals surface area contributed by atoms with E-state index in [2.05, 4.69) is 41.9 Å². The maximum Gasteiger partial charge on any atom is 0.0597 e. The lowest BCUT2D eigenvalue weighted by molar-refractivity contribution is 0.0602. The molecule has 1 aromatic rings. The predicted octanol–water partition coefficient (Wildman–Crippen LogP) is 2.68. The van der Waals surface area contributed by atoms with Crippen LogP contribution in [0, 0.1) is 12.8 Å². The molecule has 0 bridgehead atoms. The highest BCUT2D eigenvalue weighted by Crippen LogP contribution is 2.28. The fourth-order valence-corrected chi connectivity index (χ4v) is 2.97. The van der Waals surface area contributed by atoms with Crippen molar-refractivity contribution in [3.05, 3.63) is 17.5 Å². The predicted molar refractivity (Wildman–Crippen MR) is 77.2 cm³/mol. The van der Waals surface area contributed by atoms with Crippen molar-refractivity contribution in [1.82, 2.24) is 15.1 Å². The third-order valence-electron chi connectivity index (χ3n) is 3.95. The Balaban J connectivity index is 2.09. The van der Waals surface area contributed by atoms with E-state index in [0.717, 1.165) is 37.9 Å². The molecule has 1 N–H and O–H groups in total. The highest BCUT2D eigenvalue weighted by atomic mass is 16.5. The van der Waals surface area contributed by atoms with Crippen molar-refractivity contribution < 1.29 is 4.74 Å². The second kappa shape index (κ2) is 7.06. The molecule has 0 aromatic carbocycles. The van der Waals surface area contributed by atoms with E-state index in [-0.39, 0.29) is 0 Å². The standard InChI is InChI=1S/C15H27N3O/c1-4-16-14(11-13-6-8-19-9-7-13)15-10-12(3)17-18(15)5-2/h10,13-14,16H,4-9,11H2,1-3H3. The Morgan fingerprint density at radius 3 is 2.79 bits per heavy atom. The molecule has 1 unspecified atom stereocenters. The number of rotatable bonds is 6. The number of ether oxygens (including phenoxy) is 1. The van der Waals surface area contributed by atoms with Gasteiger partial charge in [0.05, 0.1) is 11.4 Å². The molecule has 4 nitrogen and oxygen atoms in total. The van der Waals surface area contributed by atoms with E-state index in [1.165, 1.54) is 25.0 Å². The van der Waals surface area contributed by atoms with Gasteiger partial charge in [-0.2, -0.15) is 5.10 Å². The van der Waals surface area contributed by atoms with Gasteiger partial charge in [-0.3, -0.25) is 4.68 Å². The molecule has 0 amide bonds. The van der Waals surface area contributed by atoms with Gasteiger partial charge in [-0.1, -0.05) is 6.92 Å². The summed E-state index contributed by atoms with van der Waals surface area (Å²) in [5.74, 6) is 0.776. The van der Waals surface area contributed by atoms with Crippen LogP contribution in [-0.4, -0.2) is 29.5 Å². The third kappa shape index (κ3) is 3.80. The summed E-state index contributed by atoms with van der Waals surface area (Å²) >= 11 is 0. The number of hydrogen-bond donors (Lipinski definition) is 1. The van der Waals surface area contributed by atoms with Crippen LogP contribution >= 0.6 is 0 Å². The summed E-state index contributed by atoms with van der Waals surface area (Å²) in [5, 5.41) is 8.21. The molecular weight excluding hydrogens is 238 g/mol. The SMILES string of the molecule is CCNC(CC1CCOCC1)c1cc(C)nn1CC. The zero-order valence-corrected chi connectivity index (χ0v) is 12.5. The van der Waals surface area contributed by atoms with Crippen LogP contribution in [0.2, 0.25) is 0 Å². The Morgan fingerprint density at radius 2 is 2.16 bits per heavy atom. The summed E-state index contributed by atoms with van der Waals surface area (Å²) in [5.41, 5.74) is 2.46. The van der Waals surface area contributed by atoms with Gasteiger partial charge in [-0.05, 0) is 51.6 Å². The smallest absolute Gasteiger partial charge is 0.0597 e. The quantitative estimate of drug-likeness (QED) is 0.859. The average Bonchev–Trinajstić information content (AvgIpc) is 2.80. The van der Waals surface area contributed by atoms with E-state index in [0.29, 0.717) is 6.04 Å². The van der Waals surface area contributed by atoms with Gasteiger partial charge in [-0.15, -0.1) is 0 Å². The van der Waals surface area contributed by atoms with Crippen molar-refractivity contribution in [2.45, 2.75) is 52.6 Å². The van der Waals surface area contributed by atoms with Crippen molar-refractivity contribution in [3.8, 4) is 0 Å². The molecule has 1 fully saturated rings. The lowest BCUT2D eigenvalue weighted by atomic mass is 9.91. The van der Waals surface area contributed by atoms with Crippen LogP contribution in [0.5, 0.6) is 0 Å². The van der Waals surface area contributed by atoms with E-state index >= 15 is 0 Å². The average molecular weight is 265 g/mol. The summed E-state index contributed by atoms with van der Waals surface area (Å²) in [6.07, 6.45) is 3.59. The molecule has 4 heteroatoms. The largest absolute Gasteiger partial charge is 0.381 e. The molecule has 0 aliphatic carbocycles. The van der Waals surface area contributed by atoms with E-state index in [1.54, 1.807) is 0 Å². The second-order valence-electron chi connectivity index (χ2n) is 5.43. The number of aryl methyl sites for hydroxylation is 2. The van der Waals surface area contributed by atoms with Gasteiger partial charge in [0.15, 0.2) is 0 Å². The van der Waals surface area contributed by atoms with Crippen molar-refractivity contribution >= 4 is 0 Å². The Morgan fingerprint density at radius 1 is 1.42 bits per heavy atom. The third-order valence-corrected chi connectivity index (χ3v) is 3.95. The highest BCUT2D eigenvalue weighted by Gasteiger charge is 2.22. The Bertz CT molecular complexity index is 383. The van der Waals surface area contributed by atoms with Gasteiger partial charge >= 0.3 is 0 Å². The first-order valence-electron chi connectivity index (χ1n) is 7.60. The topological polar surface area (TPSA) is 39.1 Å². The normalized spacial score (nSPS) is 18.7. The maximum absolute atomic E-state index is 5.46. The van der Waals surface area contributed by atoms with Crippen molar-refractivity contribution in [2.75, 3.05) is 19.8 Å². The Hall–Kier alpha value is -0.870. The molecule has 1 aliphatic rings. The molecular formula is C15H27N3O. The minimum absolute atomic E-state index is 0.425. The lowest BCUT2D eigenvalue weighted by Gasteiger charge is -2.27. The van der Waals surface area contributed by atoms with Crippen LogP contribution in [0.1, 0.15) is 50.5 Å². The van der Waals surface area contributed by atoms with Crippen LogP contribution in [0.15, 0.2) is 6.07 Å². The molecule has 0 radical (unpaired) electrons. The molecule has 108 valence electrons. The number of aromatic nitrogens is 2. The lowest BCUT2D eigenvalue weighted by Crippen LogP contribution is -2.28. The van der Waals surface area contributed by atoms with E-state index in [1.807, 2.05) is 0 Å². The molecule has 1 saturated heterocycles. The maximum atomic E-state index is 5.46. The monoisotopic (exact) mass is 265 g/mol. The molecule has 19 heavy (non-hydrogen) atoms. The summed E-state index contributed by atoms with van der Waals surface area (Å²) in [6.45, 7) is 10.2. The molecule has 1 atom stereocenters. The molecule has 2 rings (SSSR count). The summed E-state index contributed by atoms with van der Waals surface area (Å²) in [6, 6.07) is 2.66. The molecule has 0 saturated carbocycles. The molecule has 0 spiro atoms. The number of nitrogens with zero attached hydrogens (tertiary/aromatic N) is 2. The van der Waals surface area contributed by atoms with Crippen molar-refractivity contribution in [1.29, 1.82) is 0 Å². The highest BCUT2D eigenvalue weighted by molar-refractivity contribution is 5.13. The molecule has 2 heterocycles. The van der Waals surface area contributed by atoms with Crippen LogP contribution in [0.4, 0.5) is 0 Å². The zero-order chi connectivity index (χ0) is 13.7. The van der Waals surface area contributed by atoms with Crippen LogP contribution < -0.4 is 5.32 Å². The number of nitrogens with one attached hydrogen (secondary N) is 1. The minimum Gasteiger partial charge on any atom is -0.381 e. The molecule has 1 aliphatic heterocycles. The first-order valence-corrected chi connectivity index (χ1v) is 7.60. The zero-order valence-electron chi connectivity index (χ0n) is 12.5. The van der Waals surface area contributed by atoms with E-state index in [4.69, 9.17) is 4.74 Å². The van der Waals surface area contributed by atoms with Gasteiger partial charge in [0, 0.05) is 25.8 Å². The van der Waals surface area contributed by atoms with Crippen LogP contribution in [-0.2, 0) is 11.3 Å². The van der Waals surface area contributed by atoms with Gasteiger partial charge < -0.3 is 10.1 Å². The first-order chi connectivity index (χ1) is 9.24.